The van der Waals surface area contributed by atoms with Crippen molar-refractivity contribution in [3.05, 3.63) is 23.5 Å². The molecule has 0 bridgehead atoms. The standard InChI is InChI=1S/C18H25N7OS/c1-13(26)22-17-21-7-14(27-17)10-24-5-3-18(11-24)4-6-25(12-18)16-9-20-8-15(19-2)23-16/h7-9H,3-6,10-12H2,1-2H3,(H,19,23)(H,21,22,26). The number of thiazole rings is 1. The third-order valence-electron chi connectivity index (χ3n) is 5.37. The predicted molar refractivity (Wildman–Crippen MR) is 107 cm³/mol. The SMILES string of the molecule is CNc1cncc(N2CCC3(CCN(Cc4cnc(NC(C)=O)s4)C3)C2)n1. The average molecular weight is 388 g/mol. The molecule has 2 aliphatic heterocycles. The van der Waals surface area contributed by atoms with Crippen LogP contribution in [0.4, 0.5) is 16.8 Å². The van der Waals surface area contributed by atoms with Gasteiger partial charge in [0.25, 0.3) is 0 Å². The highest BCUT2D eigenvalue weighted by Crippen LogP contribution is 2.41. The van der Waals surface area contributed by atoms with Crippen molar-refractivity contribution in [3.8, 4) is 0 Å². The Hall–Kier alpha value is -2.26. The van der Waals surface area contributed by atoms with Crippen molar-refractivity contribution in [2.24, 2.45) is 5.41 Å². The Labute approximate surface area is 163 Å². The lowest BCUT2D eigenvalue weighted by molar-refractivity contribution is -0.114. The van der Waals surface area contributed by atoms with Crippen LogP contribution in [-0.2, 0) is 11.3 Å². The second kappa shape index (κ2) is 7.40. The number of carbonyl (C=O) groups is 1. The molecule has 0 radical (unpaired) electrons. The average Bonchev–Trinajstić information content (AvgIpc) is 3.37. The summed E-state index contributed by atoms with van der Waals surface area (Å²) in [5.41, 5.74) is 0.336. The van der Waals surface area contributed by atoms with Crippen LogP contribution in [0.3, 0.4) is 0 Å². The highest BCUT2D eigenvalue weighted by molar-refractivity contribution is 7.15. The van der Waals surface area contributed by atoms with E-state index in [4.69, 9.17) is 0 Å². The summed E-state index contributed by atoms with van der Waals surface area (Å²) in [6, 6.07) is 0. The smallest absolute Gasteiger partial charge is 0.223 e. The molecule has 2 aromatic rings. The number of hydrogen-bond donors (Lipinski definition) is 2. The highest BCUT2D eigenvalue weighted by Gasteiger charge is 2.43. The van der Waals surface area contributed by atoms with Crippen molar-refractivity contribution in [1.29, 1.82) is 0 Å². The fourth-order valence-corrected chi connectivity index (χ4v) is 4.97. The van der Waals surface area contributed by atoms with Crippen LogP contribution in [0.15, 0.2) is 18.6 Å². The molecule has 1 amide bonds. The van der Waals surface area contributed by atoms with Gasteiger partial charge in [0.05, 0.1) is 12.4 Å². The van der Waals surface area contributed by atoms with E-state index in [2.05, 4.69) is 35.4 Å². The molecular formula is C18H25N7OS. The number of nitrogens with one attached hydrogen (secondary N) is 2. The van der Waals surface area contributed by atoms with E-state index in [0.29, 0.717) is 10.5 Å². The molecule has 0 aliphatic carbocycles. The summed E-state index contributed by atoms with van der Waals surface area (Å²) < 4.78 is 0. The molecule has 1 atom stereocenters. The maximum atomic E-state index is 11.2. The van der Waals surface area contributed by atoms with Gasteiger partial charge in [0.2, 0.25) is 5.91 Å². The lowest BCUT2D eigenvalue weighted by Gasteiger charge is -2.25. The van der Waals surface area contributed by atoms with Crippen molar-refractivity contribution < 1.29 is 4.79 Å². The van der Waals surface area contributed by atoms with Crippen LogP contribution in [0, 0.1) is 5.41 Å². The van der Waals surface area contributed by atoms with Crippen LogP contribution in [0.1, 0.15) is 24.6 Å². The summed E-state index contributed by atoms with van der Waals surface area (Å²) in [5, 5.41) is 6.50. The number of carbonyl (C=O) groups excluding carboxylic acids is 1. The Morgan fingerprint density at radius 2 is 2.11 bits per heavy atom. The van der Waals surface area contributed by atoms with Crippen LogP contribution < -0.4 is 15.5 Å². The molecule has 2 aliphatic rings. The maximum absolute atomic E-state index is 11.2. The van der Waals surface area contributed by atoms with E-state index in [0.717, 1.165) is 44.4 Å². The van der Waals surface area contributed by atoms with E-state index in [1.807, 2.05) is 19.4 Å². The number of amides is 1. The third kappa shape index (κ3) is 4.03. The molecule has 2 fully saturated rings. The minimum atomic E-state index is -0.0764. The molecule has 0 saturated carbocycles. The van der Waals surface area contributed by atoms with Gasteiger partial charge in [-0.25, -0.2) is 9.97 Å². The molecule has 1 unspecified atom stereocenters. The van der Waals surface area contributed by atoms with Gasteiger partial charge in [0.15, 0.2) is 5.13 Å². The molecule has 1 spiro atoms. The van der Waals surface area contributed by atoms with E-state index in [-0.39, 0.29) is 5.91 Å². The Kier molecular flexibility index (Phi) is 4.96. The van der Waals surface area contributed by atoms with Crippen LogP contribution >= 0.6 is 11.3 Å². The van der Waals surface area contributed by atoms with Crippen molar-refractivity contribution in [1.82, 2.24) is 19.9 Å². The summed E-state index contributed by atoms with van der Waals surface area (Å²) >= 11 is 1.56. The topological polar surface area (TPSA) is 86.3 Å². The van der Waals surface area contributed by atoms with Gasteiger partial charge >= 0.3 is 0 Å². The van der Waals surface area contributed by atoms with Crippen molar-refractivity contribution >= 4 is 34.0 Å². The second-order valence-electron chi connectivity index (χ2n) is 7.46. The zero-order chi connectivity index (χ0) is 18.9. The molecule has 4 heterocycles. The number of nitrogens with zero attached hydrogens (tertiary/aromatic N) is 5. The Morgan fingerprint density at radius 3 is 2.93 bits per heavy atom. The summed E-state index contributed by atoms with van der Waals surface area (Å²) in [6.45, 7) is 6.66. The highest BCUT2D eigenvalue weighted by atomic mass is 32.1. The van der Waals surface area contributed by atoms with E-state index in [1.165, 1.54) is 24.6 Å². The predicted octanol–water partition coefficient (Wildman–Crippen LogP) is 2.04. The fourth-order valence-electron chi connectivity index (χ4n) is 4.06. The van der Waals surface area contributed by atoms with Crippen molar-refractivity contribution in [2.45, 2.75) is 26.3 Å². The lowest BCUT2D eigenvalue weighted by Crippen LogP contribution is -2.31. The fraction of sp³-hybridized carbons (Fsp3) is 0.556. The van der Waals surface area contributed by atoms with E-state index >= 15 is 0 Å². The Morgan fingerprint density at radius 1 is 1.26 bits per heavy atom. The Balaban J connectivity index is 1.36. The van der Waals surface area contributed by atoms with E-state index < -0.39 is 0 Å². The number of aromatic nitrogens is 3. The van der Waals surface area contributed by atoms with Crippen molar-refractivity contribution in [3.63, 3.8) is 0 Å². The molecule has 0 aromatic carbocycles. The third-order valence-corrected chi connectivity index (χ3v) is 6.27. The van der Waals surface area contributed by atoms with Gasteiger partial charge in [-0.2, -0.15) is 0 Å². The van der Waals surface area contributed by atoms with Crippen molar-refractivity contribution in [2.75, 3.05) is 48.8 Å². The zero-order valence-corrected chi connectivity index (χ0v) is 16.6. The molecule has 27 heavy (non-hydrogen) atoms. The summed E-state index contributed by atoms with van der Waals surface area (Å²) in [5.74, 6) is 1.69. The molecule has 2 aromatic heterocycles. The van der Waals surface area contributed by atoms with Gasteiger partial charge in [-0.05, 0) is 19.4 Å². The maximum Gasteiger partial charge on any atom is 0.223 e. The van der Waals surface area contributed by atoms with E-state index in [9.17, 15) is 4.79 Å². The molecular weight excluding hydrogens is 362 g/mol. The first-order chi connectivity index (χ1) is 13.0. The number of rotatable bonds is 5. The number of likely N-dealkylation sites (tertiary alicyclic amines) is 1. The molecule has 2 saturated heterocycles. The molecule has 144 valence electrons. The van der Waals surface area contributed by atoms with Crippen LogP contribution in [0.5, 0.6) is 0 Å². The summed E-state index contributed by atoms with van der Waals surface area (Å²) in [4.78, 5) is 30.4. The van der Waals surface area contributed by atoms with Gasteiger partial charge in [-0.15, -0.1) is 11.3 Å². The minimum Gasteiger partial charge on any atom is -0.372 e. The normalized spacial score (nSPS) is 22.5. The Bertz CT molecular complexity index is 826. The van der Waals surface area contributed by atoms with Gasteiger partial charge in [0, 0.05) is 56.6 Å². The monoisotopic (exact) mass is 387 g/mol. The van der Waals surface area contributed by atoms with Gasteiger partial charge in [0.1, 0.15) is 11.6 Å². The molecule has 4 rings (SSSR count). The summed E-state index contributed by atoms with van der Waals surface area (Å²) in [7, 11) is 1.87. The second-order valence-corrected chi connectivity index (χ2v) is 8.57. The number of hydrogen-bond acceptors (Lipinski definition) is 8. The lowest BCUT2D eigenvalue weighted by atomic mass is 9.86. The van der Waals surface area contributed by atoms with Crippen LogP contribution in [-0.4, -0.2) is 59.0 Å². The first-order valence-electron chi connectivity index (χ1n) is 9.25. The molecule has 2 N–H and O–H groups in total. The van der Waals surface area contributed by atoms with Gasteiger partial charge in [-0.3, -0.25) is 14.7 Å². The first kappa shape index (κ1) is 18.1. The zero-order valence-electron chi connectivity index (χ0n) is 15.7. The van der Waals surface area contributed by atoms with Gasteiger partial charge < -0.3 is 15.5 Å². The quantitative estimate of drug-likeness (QED) is 0.812. The van der Waals surface area contributed by atoms with Crippen LogP contribution in [0.2, 0.25) is 0 Å². The molecule has 8 nitrogen and oxygen atoms in total. The molecule has 9 heteroatoms. The van der Waals surface area contributed by atoms with Gasteiger partial charge in [-0.1, -0.05) is 0 Å². The first-order valence-corrected chi connectivity index (χ1v) is 10.1. The largest absolute Gasteiger partial charge is 0.372 e. The number of anilines is 3. The minimum absolute atomic E-state index is 0.0764. The van der Waals surface area contributed by atoms with Crippen LogP contribution in [0.25, 0.3) is 0 Å². The van der Waals surface area contributed by atoms with E-state index in [1.54, 1.807) is 17.5 Å². The summed E-state index contributed by atoms with van der Waals surface area (Å²) in [6.07, 6.45) is 7.87.